The summed E-state index contributed by atoms with van der Waals surface area (Å²) in [4.78, 5) is -0.0861. The monoisotopic (exact) mass is 413 g/mol. The van der Waals surface area contributed by atoms with E-state index in [4.69, 9.17) is 11.6 Å². The molecule has 1 heterocycles. The molecule has 6 heteroatoms. The molecule has 3 aromatic carbocycles. The van der Waals surface area contributed by atoms with Crippen LogP contribution in [0.1, 0.15) is 16.7 Å². The molecule has 0 atom stereocenters. The Hall–Kier alpha value is -2.63. The van der Waals surface area contributed by atoms with E-state index in [1.165, 1.54) is 28.4 Å². The molecule has 0 unspecified atom stereocenters. The van der Waals surface area contributed by atoms with E-state index < -0.39 is 15.8 Å². The summed E-state index contributed by atoms with van der Waals surface area (Å²) < 4.78 is 40.7. The lowest BCUT2D eigenvalue weighted by Gasteiger charge is -2.10. The lowest BCUT2D eigenvalue weighted by atomic mass is 10.0. The highest BCUT2D eigenvalue weighted by molar-refractivity contribution is 7.90. The van der Waals surface area contributed by atoms with Gasteiger partial charge in [0.2, 0.25) is 0 Å². The van der Waals surface area contributed by atoms with Gasteiger partial charge >= 0.3 is 0 Å². The minimum absolute atomic E-state index is 0.0861. The molecule has 0 aliphatic rings. The van der Waals surface area contributed by atoms with E-state index in [2.05, 4.69) is 0 Å². The van der Waals surface area contributed by atoms with Crippen molar-refractivity contribution < 1.29 is 12.8 Å². The number of nitrogens with zero attached hydrogens (tertiary/aromatic N) is 1. The Bertz CT molecular complexity index is 1300. The maximum atomic E-state index is 13.5. The second-order valence-electron chi connectivity index (χ2n) is 6.74. The van der Waals surface area contributed by atoms with E-state index in [0.29, 0.717) is 17.0 Å². The van der Waals surface area contributed by atoms with Crippen LogP contribution in [0.5, 0.6) is 0 Å². The lowest BCUT2D eigenvalue weighted by Crippen LogP contribution is -2.12. The standard InChI is InChI=1S/C22H17ClFNO2S/c1-15-5-7-18(21(23)11-15)12-16-6-8-17-9-10-25(22(17)13-16)28(26,27)20-4-2-3-19(24)14-20/h2-11,13-14H,12H2,1H3. The highest BCUT2D eigenvalue weighted by Gasteiger charge is 2.19. The summed E-state index contributed by atoms with van der Waals surface area (Å²) in [6.07, 6.45) is 2.08. The van der Waals surface area contributed by atoms with E-state index in [-0.39, 0.29) is 4.90 Å². The smallest absolute Gasteiger partial charge is 0.241 e. The Morgan fingerprint density at radius 1 is 1.00 bits per heavy atom. The minimum Gasteiger partial charge on any atom is -0.241 e. The molecule has 28 heavy (non-hydrogen) atoms. The van der Waals surface area contributed by atoms with Gasteiger partial charge in [0.05, 0.1) is 10.4 Å². The molecule has 0 spiro atoms. The molecule has 0 radical (unpaired) electrons. The van der Waals surface area contributed by atoms with Gasteiger partial charge in [0.15, 0.2) is 0 Å². The highest BCUT2D eigenvalue weighted by Crippen LogP contribution is 2.26. The SMILES string of the molecule is Cc1ccc(Cc2ccc3ccn(S(=O)(=O)c4cccc(F)c4)c3c2)c(Cl)c1. The average Bonchev–Trinajstić information content (AvgIpc) is 3.08. The van der Waals surface area contributed by atoms with Crippen LogP contribution >= 0.6 is 11.6 Å². The molecule has 1 aromatic heterocycles. The maximum absolute atomic E-state index is 13.5. The Kier molecular flexibility index (Phi) is 4.73. The molecular formula is C22H17ClFNO2S. The van der Waals surface area contributed by atoms with E-state index >= 15 is 0 Å². The number of aryl methyl sites for hydroxylation is 1. The summed E-state index contributed by atoms with van der Waals surface area (Å²) in [7, 11) is -3.90. The summed E-state index contributed by atoms with van der Waals surface area (Å²) in [6.45, 7) is 1.98. The van der Waals surface area contributed by atoms with Crippen LogP contribution in [-0.4, -0.2) is 12.4 Å². The van der Waals surface area contributed by atoms with Gasteiger partial charge < -0.3 is 0 Å². The van der Waals surface area contributed by atoms with E-state index in [1.807, 2.05) is 43.3 Å². The summed E-state index contributed by atoms with van der Waals surface area (Å²) >= 11 is 6.34. The first-order valence-electron chi connectivity index (χ1n) is 8.71. The predicted molar refractivity (Wildman–Crippen MR) is 110 cm³/mol. The van der Waals surface area contributed by atoms with E-state index in [0.717, 1.165) is 28.1 Å². The number of halogens is 2. The fourth-order valence-corrected chi connectivity index (χ4v) is 4.90. The maximum Gasteiger partial charge on any atom is 0.268 e. The van der Waals surface area contributed by atoms with Gasteiger partial charge in [-0.3, -0.25) is 0 Å². The summed E-state index contributed by atoms with van der Waals surface area (Å²) in [5.74, 6) is -0.591. The summed E-state index contributed by atoms with van der Waals surface area (Å²) in [6, 6.07) is 18.3. The molecule has 4 aromatic rings. The fraction of sp³-hybridized carbons (Fsp3) is 0.0909. The number of hydrogen-bond donors (Lipinski definition) is 0. The van der Waals surface area contributed by atoms with Crippen molar-refractivity contribution in [3.8, 4) is 0 Å². The van der Waals surface area contributed by atoms with Crippen LogP contribution in [0, 0.1) is 12.7 Å². The second-order valence-corrected chi connectivity index (χ2v) is 8.96. The Morgan fingerprint density at radius 2 is 1.82 bits per heavy atom. The molecule has 0 fully saturated rings. The molecular weight excluding hydrogens is 397 g/mol. The molecule has 0 aliphatic carbocycles. The molecule has 0 aliphatic heterocycles. The molecule has 0 saturated carbocycles. The van der Waals surface area contributed by atoms with Gasteiger partial charge in [-0.05, 0) is 66.4 Å². The van der Waals surface area contributed by atoms with E-state index in [9.17, 15) is 12.8 Å². The third-order valence-corrected chi connectivity index (χ3v) is 6.72. The second kappa shape index (κ2) is 7.08. The van der Waals surface area contributed by atoms with Gasteiger partial charge in [0.1, 0.15) is 5.82 Å². The summed E-state index contributed by atoms with van der Waals surface area (Å²) in [5, 5.41) is 1.47. The molecule has 142 valence electrons. The molecule has 4 rings (SSSR count). The third-order valence-electron chi connectivity index (χ3n) is 4.68. The van der Waals surface area contributed by atoms with Crippen molar-refractivity contribution in [2.75, 3.05) is 0 Å². The number of aromatic nitrogens is 1. The van der Waals surface area contributed by atoms with Crippen molar-refractivity contribution in [3.05, 3.63) is 100 Å². The van der Waals surface area contributed by atoms with Crippen molar-refractivity contribution in [3.63, 3.8) is 0 Å². The van der Waals surface area contributed by atoms with Crippen LogP contribution in [0.15, 0.2) is 77.8 Å². The lowest BCUT2D eigenvalue weighted by molar-refractivity contribution is 0.584. The van der Waals surface area contributed by atoms with Crippen LogP contribution in [-0.2, 0) is 16.4 Å². The van der Waals surface area contributed by atoms with Crippen LogP contribution in [0.2, 0.25) is 5.02 Å². The quantitative estimate of drug-likeness (QED) is 0.438. The van der Waals surface area contributed by atoms with Gasteiger partial charge in [-0.2, -0.15) is 0 Å². The first-order chi connectivity index (χ1) is 13.3. The predicted octanol–water partition coefficient (Wildman–Crippen LogP) is 5.57. The fourth-order valence-electron chi connectivity index (χ4n) is 3.23. The van der Waals surface area contributed by atoms with Gasteiger partial charge in [-0.25, -0.2) is 16.8 Å². The van der Waals surface area contributed by atoms with Crippen molar-refractivity contribution in [1.29, 1.82) is 0 Å². The van der Waals surface area contributed by atoms with E-state index in [1.54, 1.807) is 6.07 Å². The van der Waals surface area contributed by atoms with Crippen molar-refractivity contribution in [2.45, 2.75) is 18.2 Å². The van der Waals surface area contributed by atoms with Crippen LogP contribution in [0.25, 0.3) is 10.9 Å². The molecule has 0 bridgehead atoms. The van der Waals surface area contributed by atoms with Crippen molar-refractivity contribution in [2.24, 2.45) is 0 Å². The first-order valence-corrected chi connectivity index (χ1v) is 10.5. The summed E-state index contributed by atoms with van der Waals surface area (Å²) in [5.41, 5.74) is 3.54. The molecule has 0 saturated heterocycles. The van der Waals surface area contributed by atoms with Crippen LogP contribution in [0.4, 0.5) is 4.39 Å². The van der Waals surface area contributed by atoms with Crippen molar-refractivity contribution in [1.82, 2.24) is 3.97 Å². The molecule has 3 nitrogen and oxygen atoms in total. The van der Waals surface area contributed by atoms with Crippen LogP contribution < -0.4 is 0 Å². The third kappa shape index (κ3) is 3.43. The minimum atomic E-state index is -3.90. The number of fused-ring (bicyclic) bond motifs is 1. The zero-order chi connectivity index (χ0) is 19.9. The molecule has 0 N–H and O–H groups in total. The number of rotatable bonds is 4. The van der Waals surface area contributed by atoms with Gasteiger partial charge in [0, 0.05) is 16.6 Å². The Balaban J connectivity index is 1.78. The largest absolute Gasteiger partial charge is 0.268 e. The number of benzene rings is 3. The highest BCUT2D eigenvalue weighted by atomic mass is 35.5. The first kappa shape index (κ1) is 18.7. The Morgan fingerprint density at radius 3 is 2.57 bits per heavy atom. The zero-order valence-electron chi connectivity index (χ0n) is 15.1. The normalized spacial score (nSPS) is 11.8. The van der Waals surface area contributed by atoms with Gasteiger partial charge in [-0.1, -0.05) is 41.9 Å². The van der Waals surface area contributed by atoms with Crippen molar-refractivity contribution >= 4 is 32.5 Å². The molecule has 0 amide bonds. The van der Waals surface area contributed by atoms with Crippen LogP contribution in [0.3, 0.4) is 0 Å². The topological polar surface area (TPSA) is 39.1 Å². The van der Waals surface area contributed by atoms with Gasteiger partial charge in [-0.15, -0.1) is 0 Å². The van der Waals surface area contributed by atoms with Gasteiger partial charge in [0.25, 0.3) is 10.0 Å². The zero-order valence-corrected chi connectivity index (χ0v) is 16.6. The number of hydrogen-bond acceptors (Lipinski definition) is 2. The Labute approximate surface area is 168 Å². The average molecular weight is 414 g/mol.